The number of fused-ring (bicyclic) bond motifs is 1. The van der Waals surface area contributed by atoms with E-state index in [9.17, 15) is 18.0 Å². The molecule has 0 N–H and O–H groups in total. The summed E-state index contributed by atoms with van der Waals surface area (Å²) in [7, 11) is 1.33. The van der Waals surface area contributed by atoms with Crippen molar-refractivity contribution in [2.75, 3.05) is 13.7 Å². The summed E-state index contributed by atoms with van der Waals surface area (Å²) in [6, 6.07) is 3.19. The lowest BCUT2D eigenvalue weighted by Crippen LogP contribution is -2.41. The number of aryl methyl sites for hydroxylation is 1. The third-order valence-electron chi connectivity index (χ3n) is 3.22. The summed E-state index contributed by atoms with van der Waals surface area (Å²) in [5.74, 6) is -0.899. The van der Waals surface area contributed by atoms with Crippen molar-refractivity contribution in [1.82, 2.24) is 0 Å². The quantitative estimate of drug-likeness (QED) is 0.803. The molecule has 22 heavy (non-hydrogen) atoms. The molecule has 0 saturated carbocycles. The Hall–Kier alpha value is -2.18. The molecule has 4 nitrogen and oxygen atoms in total. The van der Waals surface area contributed by atoms with Crippen LogP contribution in [0.15, 0.2) is 17.7 Å². The van der Waals surface area contributed by atoms with E-state index in [-0.39, 0.29) is 18.1 Å². The summed E-state index contributed by atoms with van der Waals surface area (Å²) in [6.07, 6.45) is -5.97. The molecule has 2 rings (SSSR count). The van der Waals surface area contributed by atoms with Gasteiger partial charge in [0.25, 0.3) is 0 Å². The number of methoxy groups -OCH3 is 1. The second kappa shape index (κ2) is 5.90. The first-order valence-corrected chi connectivity index (χ1v) is 6.59. The van der Waals surface area contributed by atoms with E-state index in [4.69, 9.17) is 14.2 Å². The second-order valence-electron chi connectivity index (χ2n) is 4.69. The first-order chi connectivity index (χ1) is 10.3. The lowest BCUT2D eigenvalue weighted by Gasteiger charge is -2.29. The van der Waals surface area contributed by atoms with Crippen LogP contribution in [0.4, 0.5) is 13.2 Å². The van der Waals surface area contributed by atoms with Gasteiger partial charge in [-0.3, -0.25) is 0 Å². The Labute approximate surface area is 125 Å². The summed E-state index contributed by atoms with van der Waals surface area (Å²) < 4.78 is 54.4. The lowest BCUT2D eigenvalue weighted by atomic mass is 9.97. The van der Waals surface area contributed by atoms with E-state index in [0.29, 0.717) is 11.1 Å². The van der Waals surface area contributed by atoms with Crippen LogP contribution in [0.2, 0.25) is 0 Å². The van der Waals surface area contributed by atoms with Crippen LogP contribution >= 0.6 is 0 Å². The minimum Gasteiger partial charge on any atom is -0.493 e. The van der Waals surface area contributed by atoms with Gasteiger partial charge in [-0.05, 0) is 31.6 Å². The van der Waals surface area contributed by atoms with Crippen LogP contribution in [0.3, 0.4) is 0 Å². The number of hydrogen-bond donors (Lipinski definition) is 0. The number of carbonyl (C=O) groups excluding carboxylic acids is 1. The monoisotopic (exact) mass is 316 g/mol. The van der Waals surface area contributed by atoms with Crippen LogP contribution in [-0.2, 0) is 9.53 Å². The van der Waals surface area contributed by atoms with E-state index in [1.54, 1.807) is 13.0 Å². The Balaban J connectivity index is 2.60. The average Bonchev–Trinajstić information content (AvgIpc) is 2.46. The predicted molar refractivity (Wildman–Crippen MR) is 72.8 cm³/mol. The van der Waals surface area contributed by atoms with Crippen LogP contribution in [-0.4, -0.2) is 32.0 Å². The van der Waals surface area contributed by atoms with Crippen molar-refractivity contribution < 1.29 is 32.2 Å². The van der Waals surface area contributed by atoms with Crippen molar-refractivity contribution in [3.05, 3.63) is 28.8 Å². The van der Waals surface area contributed by atoms with E-state index in [1.165, 1.54) is 20.1 Å². The fraction of sp³-hybridized carbons (Fsp3) is 0.400. The van der Waals surface area contributed by atoms with E-state index in [2.05, 4.69) is 0 Å². The van der Waals surface area contributed by atoms with E-state index in [1.807, 2.05) is 0 Å². The number of alkyl halides is 3. The van der Waals surface area contributed by atoms with Gasteiger partial charge in [0, 0.05) is 5.56 Å². The maximum Gasteiger partial charge on any atom is 0.430 e. The molecule has 0 radical (unpaired) electrons. The Morgan fingerprint density at radius 3 is 2.59 bits per heavy atom. The molecule has 0 spiro atoms. The smallest absolute Gasteiger partial charge is 0.430 e. The zero-order valence-electron chi connectivity index (χ0n) is 12.3. The van der Waals surface area contributed by atoms with Crippen molar-refractivity contribution in [1.29, 1.82) is 0 Å². The highest BCUT2D eigenvalue weighted by Gasteiger charge is 2.49. The average molecular weight is 316 g/mol. The molecular formula is C15H15F3O4. The Bertz CT molecular complexity index is 620. The summed E-state index contributed by atoms with van der Waals surface area (Å²) in [5.41, 5.74) is 0.472. The largest absolute Gasteiger partial charge is 0.493 e. The standard InChI is InChI=1S/C15H15F3O4/c1-4-21-14(19)10-7-9-8(2)5-6-11(20-3)12(9)22-13(10)15(16,17)18/h5-7,13H,4H2,1-3H3. The van der Waals surface area contributed by atoms with Gasteiger partial charge < -0.3 is 14.2 Å². The number of halogens is 3. The Morgan fingerprint density at radius 2 is 2.05 bits per heavy atom. The molecule has 1 aromatic rings. The highest BCUT2D eigenvalue weighted by atomic mass is 19.4. The molecule has 1 unspecified atom stereocenters. The normalized spacial score (nSPS) is 17.2. The van der Waals surface area contributed by atoms with Crippen LogP contribution in [0.25, 0.3) is 6.08 Å². The van der Waals surface area contributed by atoms with Crippen molar-refractivity contribution in [3.8, 4) is 11.5 Å². The fourth-order valence-corrected chi connectivity index (χ4v) is 2.18. The summed E-state index contributed by atoms with van der Waals surface area (Å²) in [6.45, 7) is 3.20. The lowest BCUT2D eigenvalue weighted by molar-refractivity contribution is -0.188. The molecule has 0 aliphatic carbocycles. The number of ether oxygens (including phenoxy) is 3. The van der Waals surface area contributed by atoms with Crippen molar-refractivity contribution in [2.45, 2.75) is 26.1 Å². The van der Waals surface area contributed by atoms with E-state index >= 15 is 0 Å². The molecular weight excluding hydrogens is 301 g/mol. The van der Waals surface area contributed by atoms with Crippen LogP contribution in [0.5, 0.6) is 11.5 Å². The summed E-state index contributed by atoms with van der Waals surface area (Å²) in [4.78, 5) is 11.8. The summed E-state index contributed by atoms with van der Waals surface area (Å²) in [5, 5.41) is 0. The second-order valence-corrected chi connectivity index (χ2v) is 4.69. The molecule has 0 aromatic heterocycles. The molecule has 120 valence electrons. The Kier molecular flexibility index (Phi) is 4.35. The number of carbonyl (C=O) groups is 1. The van der Waals surface area contributed by atoms with Gasteiger partial charge >= 0.3 is 12.1 Å². The first-order valence-electron chi connectivity index (χ1n) is 6.59. The predicted octanol–water partition coefficient (Wildman–Crippen LogP) is 3.27. The molecule has 0 amide bonds. The fourth-order valence-electron chi connectivity index (χ4n) is 2.18. The number of benzene rings is 1. The third kappa shape index (κ3) is 2.88. The zero-order chi connectivity index (χ0) is 16.5. The number of hydrogen-bond acceptors (Lipinski definition) is 4. The third-order valence-corrected chi connectivity index (χ3v) is 3.22. The number of esters is 1. The highest BCUT2D eigenvalue weighted by Crippen LogP contribution is 2.43. The minimum atomic E-state index is -4.74. The molecule has 1 aromatic carbocycles. The van der Waals surface area contributed by atoms with Crippen LogP contribution in [0, 0.1) is 6.92 Å². The summed E-state index contributed by atoms with van der Waals surface area (Å²) >= 11 is 0. The van der Waals surface area contributed by atoms with Crippen molar-refractivity contribution in [3.63, 3.8) is 0 Å². The van der Waals surface area contributed by atoms with Gasteiger partial charge in [-0.15, -0.1) is 0 Å². The molecule has 7 heteroatoms. The Morgan fingerprint density at radius 1 is 1.36 bits per heavy atom. The highest BCUT2D eigenvalue weighted by molar-refractivity contribution is 5.97. The van der Waals surface area contributed by atoms with Crippen molar-refractivity contribution in [2.24, 2.45) is 0 Å². The molecule has 0 fully saturated rings. The topological polar surface area (TPSA) is 44.8 Å². The maximum absolute atomic E-state index is 13.2. The van der Waals surface area contributed by atoms with Gasteiger partial charge in [-0.2, -0.15) is 13.2 Å². The van der Waals surface area contributed by atoms with Gasteiger partial charge in [-0.25, -0.2) is 4.79 Å². The first kappa shape index (κ1) is 16.2. The molecule has 0 bridgehead atoms. The molecule has 1 aliphatic heterocycles. The van der Waals surface area contributed by atoms with Crippen molar-refractivity contribution >= 4 is 12.0 Å². The minimum absolute atomic E-state index is 0.0231. The van der Waals surface area contributed by atoms with Crippen LogP contribution < -0.4 is 9.47 Å². The van der Waals surface area contributed by atoms with E-state index < -0.39 is 23.8 Å². The molecule has 0 saturated heterocycles. The van der Waals surface area contributed by atoms with Gasteiger partial charge in [0.05, 0.1) is 19.3 Å². The SMILES string of the molecule is CCOC(=O)C1=Cc2c(C)ccc(OC)c2OC1C(F)(F)F. The molecule has 1 heterocycles. The van der Waals surface area contributed by atoms with Gasteiger partial charge in [0.1, 0.15) is 0 Å². The maximum atomic E-state index is 13.2. The molecule has 1 atom stereocenters. The molecule has 1 aliphatic rings. The van der Waals surface area contributed by atoms with E-state index in [0.717, 1.165) is 6.08 Å². The zero-order valence-corrected chi connectivity index (χ0v) is 12.3. The van der Waals surface area contributed by atoms with Gasteiger partial charge in [0.2, 0.25) is 6.10 Å². The number of rotatable bonds is 3. The van der Waals surface area contributed by atoms with Crippen LogP contribution in [0.1, 0.15) is 18.1 Å². The van der Waals surface area contributed by atoms with Gasteiger partial charge in [0.15, 0.2) is 11.5 Å². The van der Waals surface area contributed by atoms with Gasteiger partial charge in [-0.1, -0.05) is 6.07 Å².